The van der Waals surface area contributed by atoms with E-state index in [4.69, 9.17) is 17.0 Å². The van der Waals surface area contributed by atoms with Gasteiger partial charge < -0.3 is 19.5 Å². The van der Waals surface area contributed by atoms with Gasteiger partial charge in [-0.05, 0) is 72.9 Å². The molecule has 0 aliphatic carbocycles. The standard InChI is InChI=1S/C27H25N5O4S2/c1-36-26(33)20-8-3-4-10-22(20)31-17-7-11-23(31)25-24(21-9-5-6-16-28-21)29-27(37)32(25)19-14-12-18(13-15-19)30-38(2,34)35/h3-17,24-25,30H,1-2H3,(H,29,37)/t24-,25-/m1/s1. The van der Waals surface area contributed by atoms with Crippen molar-refractivity contribution in [2.24, 2.45) is 0 Å². The van der Waals surface area contributed by atoms with E-state index in [9.17, 15) is 13.2 Å². The molecule has 1 aliphatic rings. The fraction of sp³-hybridized carbons (Fsp3) is 0.148. The zero-order valence-corrected chi connectivity index (χ0v) is 22.2. The predicted octanol–water partition coefficient (Wildman–Crippen LogP) is 4.21. The topological polar surface area (TPSA) is 106 Å². The minimum absolute atomic E-state index is 0.309. The molecule has 38 heavy (non-hydrogen) atoms. The summed E-state index contributed by atoms with van der Waals surface area (Å²) in [6.07, 6.45) is 4.73. The fourth-order valence-corrected chi connectivity index (χ4v) is 5.57. The fourth-order valence-electron chi connectivity index (χ4n) is 4.66. The van der Waals surface area contributed by atoms with Gasteiger partial charge >= 0.3 is 5.97 Å². The maximum atomic E-state index is 12.6. The van der Waals surface area contributed by atoms with Crippen molar-refractivity contribution in [1.82, 2.24) is 14.9 Å². The van der Waals surface area contributed by atoms with Crippen molar-refractivity contribution in [2.75, 3.05) is 23.0 Å². The highest BCUT2D eigenvalue weighted by atomic mass is 32.2. The minimum atomic E-state index is -3.41. The summed E-state index contributed by atoms with van der Waals surface area (Å²) in [6.45, 7) is 0. The van der Waals surface area contributed by atoms with Crippen LogP contribution in [0.1, 0.15) is 33.8 Å². The smallest absolute Gasteiger partial charge is 0.339 e. The third-order valence-corrected chi connectivity index (χ3v) is 7.12. The molecule has 0 saturated carbocycles. The number of methoxy groups -OCH3 is 1. The number of sulfonamides is 1. The zero-order valence-electron chi connectivity index (χ0n) is 20.6. The second kappa shape index (κ2) is 10.3. The van der Waals surface area contributed by atoms with E-state index in [1.54, 1.807) is 30.5 Å². The molecule has 0 bridgehead atoms. The van der Waals surface area contributed by atoms with Crippen LogP contribution < -0.4 is 14.9 Å². The van der Waals surface area contributed by atoms with Crippen LogP contribution in [0.5, 0.6) is 0 Å². The number of esters is 1. The van der Waals surface area contributed by atoms with E-state index in [-0.39, 0.29) is 12.1 Å². The molecule has 2 aromatic carbocycles. The lowest BCUT2D eigenvalue weighted by Gasteiger charge is -2.29. The largest absolute Gasteiger partial charge is 0.465 e. The van der Waals surface area contributed by atoms with E-state index >= 15 is 0 Å². The number of hydrogen-bond acceptors (Lipinski definition) is 6. The number of hydrogen-bond donors (Lipinski definition) is 2. The summed E-state index contributed by atoms with van der Waals surface area (Å²) < 4.78 is 32.8. The molecular formula is C27H25N5O4S2. The number of rotatable bonds is 7. The molecule has 9 nitrogen and oxygen atoms in total. The van der Waals surface area contributed by atoms with Gasteiger partial charge in [0.1, 0.15) is 6.04 Å². The van der Waals surface area contributed by atoms with Crippen molar-refractivity contribution in [3.8, 4) is 5.69 Å². The monoisotopic (exact) mass is 547 g/mol. The van der Waals surface area contributed by atoms with E-state index in [1.807, 2.05) is 70.3 Å². The molecule has 1 aliphatic heterocycles. The van der Waals surface area contributed by atoms with Crippen molar-refractivity contribution in [3.63, 3.8) is 0 Å². The van der Waals surface area contributed by atoms with Crippen LogP contribution in [0.4, 0.5) is 11.4 Å². The molecule has 0 radical (unpaired) electrons. The Hall–Kier alpha value is -4.22. The number of aromatic nitrogens is 2. The molecule has 194 valence electrons. The van der Waals surface area contributed by atoms with Crippen LogP contribution in [-0.4, -0.2) is 42.4 Å². The molecule has 5 rings (SSSR count). The molecule has 2 aromatic heterocycles. The third-order valence-electron chi connectivity index (χ3n) is 6.20. The Morgan fingerprint density at radius 1 is 1.03 bits per heavy atom. The van der Waals surface area contributed by atoms with Crippen molar-refractivity contribution < 1.29 is 17.9 Å². The molecule has 4 aromatic rings. The van der Waals surface area contributed by atoms with Crippen LogP contribution in [0.3, 0.4) is 0 Å². The summed E-state index contributed by atoms with van der Waals surface area (Å²) in [6, 6.07) is 23.2. The van der Waals surface area contributed by atoms with E-state index in [1.165, 1.54) is 7.11 Å². The first-order valence-corrected chi connectivity index (χ1v) is 14.0. The molecular weight excluding hydrogens is 522 g/mol. The van der Waals surface area contributed by atoms with Gasteiger partial charge in [-0.15, -0.1) is 0 Å². The number of nitrogens with one attached hydrogen (secondary N) is 2. The molecule has 0 spiro atoms. The highest BCUT2D eigenvalue weighted by Gasteiger charge is 2.42. The third kappa shape index (κ3) is 4.98. The molecule has 3 heterocycles. The molecule has 11 heteroatoms. The van der Waals surface area contributed by atoms with Gasteiger partial charge in [0.2, 0.25) is 10.0 Å². The summed E-state index contributed by atoms with van der Waals surface area (Å²) in [5.41, 5.74) is 3.97. The van der Waals surface area contributed by atoms with Crippen molar-refractivity contribution >= 4 is 44.7 Å². The molecule has 2 atom stereocenters. The molecule has 0 amide bonds. The SMILES string of the molecule is COC(=O)c1ccccc1-n1cccc1[C@@H]1[C@@H](c2ccccn2)NC(=S)N1c1ccc(NS(C)(=O)=O)cc1. The maximum Gasteiger partial charge on any atom is 0.339 e. The van der Waals surface area contributed by atoms with Gasteiger partial charge in [0.05, 0.1) is 36.4 Å². The Morgan fingerprint density at radius 3 is 2.45 bits per heavy atom. The number of carbonyl (C=O) groups excluding carboxylic acids is 1. The summed E-state index contributed by atoms with van der Waals surface area (Å²) in [7, 11) is -2.05. The van der Waals surface area contributed by atoms with Crippen LogP contribution >= 0.6 is 12.2 Å². The van der Waals surface area contributed by atoms with Crippen LogP contribution in [0.15, 0.2) is 91.3 Å². The maximum absolute atomic E-state index is 12.6. The van der Waals surface area contributed by atoms with Crippen molar-refractivity contribution in [1.29, 1.82) is 0 Å². The van der Waals surface area contributed by atoms with Gasteiger partial charge in [0, 0.05) is 29.5 Å². The first-order chi connectivity index (χ1) is 18.3. The number of carbonyl (C=O) groups is 1. The first-order valence-electron chi connectivity index (χ1n) is 11.7. The average molecular weight is 548 g/mol. The van der Waals surface area contributed by atoms with Crippen molar-refractivity contribution in [3.05, 3.63) is 108 Å². The number of benzene rings is 2. The van der Waals surface area contributed by atoms with E-state index in [0.29, 0.717) is 22.1 Å². The average Bonchev–Trinajstić information content (AvgIpc) is 3.52. The number of para-hydroxylation sites is 1. The Labute approximate surface area is 226 Å². The molecule has 2 N–H and O–H groups in total. The van der Waals surface area contributed by atoms with Crippen LogP contribution in [0.2, 0.25) is 0 Å². The lowest BCUT2D eigenvalue weighted by Crippen LogP contribution is -2.30. The van der Waals surface area contributed by atoms with E-state index in [2.05, 4.69) is 15.0 Å². The number of anilines is 2. The lowest BCUT2D eigenvalue weighted by atomic mass is 10.0. The summed E-state index contributed by atoms with van der Waals surface area (Å²) in [5.74, 6) is -0.438. The minimum Gasteiger partial charge on any atom is -0.465 e. The van der Waals surface area contributed by atoms with Crippen LogP contribution in [0.25, 0.3) is 5.69 Å². The van der Waals surface area contributed by atoms with E-state index in [0.717, 1.165) is 23.3 Å². The predicted molar refractivity (Wildman–Crippen MR) is 150 cm³/mol. The van der Waals surface area contributed by atoms with Crippen molar-refractivity contribution in [2.45, 2.75) is 12.1 Å². The van der Waals surface area contributed by atoms with Gasteiger partial charge in [-0.3, -0.25) is 9.71 Å². The number of ether oxygens (including phenoxy) is 1. The lowest BCUT2D eigenvalue weighted by molar-refractivity contribution is 0.0600. The zero-order chi connectivity index (χ0) is 26.9. The number of nitrogens with zero attached hydrogens (tertiary/aromatic N) is 3. The van der Waals surface area contributed by atoms with Gasteiger partial charge in [-0.2, -0.15) is 0 Å². The van der Waals surface area contributed by atoms with Gasteiger partial charge in [-0.1, -0.05) is 18.2 Å². The Bertz CT molecular complexity index is 1590. The summed E-state index contributed by atoms with van der Waals surface area (Å²) in [4.78, 5) is 19.1. The first kappa shape index (κ1) is 25.4. The van der Waals surface area contributed by atoms with Crippen LogP contribution in [0, 0.1) is 0 Å². The second-order valence-corrected chi connectivity index (χ2v) is 10.9. The Balaban J connectivity index is 1.64. The van der Waals surface area contributed by atoms with Gasteiger partial charge in [-0.25, -0.2) is 13.2 Å². The number of thiocarbonyl (C=S) groups is 1. The Kier molecular flexibility index (Phi) is 6.87. The van der Waals surface area contributed by atoms with Crippen LogP contribution in [-0.2, 0) is 14.8 Å². The summed E-state index contributed by atoms with van der Waals surface area (Å²) >= 11 is 5.81. The number of pyridine rings is 1. The quantitative estimate of drug-likeness (QED) is 0.262. The van der Waals surface area contributed by atoms with Gasteiger partial charge in [0.25, 0.3) is 0 Å². The Morgan fingerprint density at radius 2 is 1.76 bits per heavy atom. The van der Waals surface area contributed by atoms with Gasteiger partial charge in [0.15, 0.2) is 5.11 Å². The molecule has 1 saturated heterocycles. The highest BCUT2D eigenvalue weighted by Crippen LogP contribution is 2.42. The molecule has 0 unspecified atom stereocenters. The van der Waals surface area contributed by atoms with E-state index < -0.39 is 16.0 Å². The summed E-state index contributed by atoms with van der Waals surface area (Å²) in [5, 5.41) is 3.90. The molecule has 1 fully saturated rings. The second-order valence-electron chi connectivity index (χ2n) is 8.73. The highest BCUT2D eigenvalue weighted by molar-refractivity contribution is 7.92. The normalized spacial score (nSPS) is 17.2.